The van der Waals surface area contributed by atoms with Gasteiger partial charge in [-0.3, -0.25) is 14.9 Å². The van der Waals surface area contributed by atoms with Gasteiger partial charge in [0.2, 0.25) is 5.91 Å². The zero-order chi connectivity index (χ0) is 15.6. The number of anilines is 1. The van der Waals surface area contributed by atoms with Gasteiger partial charge in [-0.2, -0.15) is 0 Å². The summed E-state index contributed by atoms with van der Waals surface area (Å²) < 4.78 is 22.6. The summed E-state index contributed by atoms with van der Waals surface area (Å²) in [5, 5.41) is 22.6. The van der Waals surface area contributed by atoms with Crippen molar-refractivity contribution < 1.29 is 23.2 Å². The average Bonchev–Trinajstić information content (AvgIpc) is 2.70. The summed E-state index contributed by atoms with van der Waals surface area (Å²) in [6, 6.07) is 3.34. The summed E-state index contributed by atoms with van der Waals surface area (Å²) in [5.41, 5.74) is -0.223. The molecule has 1 fully saturated rings. The van der Waals surface area contributed by atoms with E-state index in [2.05, 4.69) is 5.32 Å². The van der Waals surface area contributed by atoms with Crippen LogP contribution in [0.25, 0.3) is 0 Å². The standard InChI is InChI=1S/C12H14N2O6S/c15-11-6-9(14(17)18)1-2-10(11)13-12(16)5-8-3-4-21(19,20)7-8/h1-2,6,8,15H,3-5,7H2,(H,13,16). The van der Waals surface area contributed by atoms with Crippen LogP contribution in [0.1, 0.15) is 12.8 Å². The molecule has 1 unspecified atom stereocenters. The van der Waals surface area contributed by atoms with Crippen LogP contribution in [0, 0.1) is 16.0 Å². The van der Waals surface area contributed by atoms with E-state index in [1.165, 1.54) is 6.07 Å². The van der Waals surface area contributed by atoms with Crippen molar-refractivity contribution in [3.63, 3.8) is 0 Å². The number of non-ortho nitro benzene ring substituents is 1. The minimum absolute atomic E-state index is 0.00728. The van der Waals surface area contributed by atoms with Crippen LogP contribution in [0.2, 0.25) is 0 Å². The van der Waals surface area contributed by atoms with Gasteiger partial charge in [-0.25, -0.2) is 8.42 Å². The van der Waals surface area contributed by atoms with Crippen LogP contribution in [0.5, 0.6) is 5.75 Å². The van der Waals surface area contributed by atoms with Gasteiger partial charge in [0.05, 0.1) is 28.2 Å². The number of nitrogens with zero attached hydrogens (tertiary/aromatic N) is 1. The van der Waals surface area contributed by atoms with E-state index < -0.39 is 26.4 Å². The molecular formula is C12H14N2O6S. The summed E-state index contributed by atoms with van der Waals surface area (Å²) in [5.74, 6) is -0.978. The first-order chi connectivity index (χ1) is 9.77. The molecule has 0 spiro atoms. The molecule has 1 saturated heterocycles. The lowest BCUT2D eigenvalue weighted by molar-refractivity contribution is -0.384. The fourth-order valence-corrected chi connectivity index (χ4v) is 4.10. The lowest BCUT2D eigenvalue weighted by Gasteiger charge is -2.09. The number of nitro benzene ring substituents is 1. The molecule has 1 aliphatic rings. The Hall–Kier alpha value is -2.16. The lowest BCUT2D eigenvalue weighted by Crippen LogP contribution is -2.17. The lowest BCUT2D eigenvalue weighted by atomic mass is 10.0. The number of phenolic OH excluding ortho intramolecular Hbond substituents is 1. The van der Waals surface area contributed by atoms with Crippen LogP contribution >= 0.6 is 0 Å². The van der Waals surface area contributed by atoms with Crippen LogP contribution < -0.4 is 5.32 Å². The molecule has 1 aromatic rings. The topological polar surface area (TPSA) is 127 Å². The van der Waals surface area contributed by atoms with Gasteiger partial charge in [0.15, 0.2) is 9.84 Å². The number of carbonyl (C=O) groups is 1. The molecule has 0 radical (unpaired) electrons. The molecule has 1 atom stereocenters. The molecule has 21 heavy (non-hydrogen) atoms. The maximum atomic E-state index is 11.8. The Morgan fingerprint density at radius 2 is 2.19 bits per heavy atom. The van der Waals surface area contributed by atoms with E-state index in [9.17, 15) is 28.4 Å². The molecular weight excluding hydrogens is 300 g/mol. The van der Waals surface area contributed by atoms with Crippen LogP contribution in [-0.4, -0.2) is 35.9 Å². The third-order valence-electron chi connectivity index (χ3n) is 3.27. The third kappa shape index (κ3) is 3.91. The number of carbonyl (C=O) groups excluding carboxylic acids is 1. The van der Waals surface area contributed by atoms with E-state index in [-0.39, 0.29) is 35.2 Å². The van der Waals surface area contributed by atoms with E-state index in [0.29, 0.717) is 6.42 Å². The van der Waals surface area contributed by atoms with Crippen molar-refractivity contribution in [2.24, 2.45) is 5.92 Å². The largest absolute Gasteiger partial charge is 0.506 e. The van der Waals surface area contributed by atoms with Crippen LogP contribution in [0.3, 0.4) is 0 Å². The molecule has 1 aromatic carbocycles. The zero-order valence-electron chi connectivity index (χ0n) is 11.0. The van der Waals surface area contributed by atoms with Crippen LogP contribution in [0.4, 0.5) is 11.4 Å². The number of benzene rings is 1. The van der Waals surface area contributed by atoms with Crippen molar-refractivity contribution in [2.75, 3.05) is 16.8 Å². The van der Waals surface area contributed by atoms with Crippen molar-refractivity contribution in [3.05, 3.63) is 28.3 Å². The molecule has 0 bridgehead atoms. The number of hydrogen-bond donors (Lipinski definition) is 2. The highest BCUT2D eigenvalue weighted by atomic mass is 32.2. The third-order valence-corrected chi connectivity index (χ3v) is 5.10. The molecule has 8 nitrogen and oxygen atoms in total. The predicted molar refractivity (Wildman–Crippen MR) is 74.8 cm³/mol. The Kier molecular flexibility index (Phi) is 4.12. The van der Waals surface area contributed by atoms with Gasteiger partial charge in [0, 0.05) is 12.5 Å². The minimum Gasteiger partial charge on any atom is -0.506 e. The molecule has 114 valence electrons. The first-order valence-electron chi connectivity index (χ1n) is 6.24. The highest BCUT2D eigenvalue weighted by molar-refractivity contribution is 7.91. The Morgan fingerprint density at radius 1 is 1.48 bits per heavy atom. The number of hydrogen-bond acceptors (Lipinski definition) is 6. The normalized spacial score (nSPS) is 20.1. The maximum Gasteiger partial charge on any atom is 0.273 e. The monoisotopic (exact) mass is 314 g/mol. The Morgan fingerprint density at radius 3 is 2.71 bits per heavy atom. The Labute approximate surface area is 120 Å². The number of phenols is 1. The number of aromatic hydroxyl groups is 1. The second kappa shape index (κ2) is 5.68. The molecule has 0 aliphatic carbocycles. The highest BCUT2D eigenvalue weighted by Gasteiger charge is 2.29. The summed E-state index contributed by atoms with van der Waals surface area (Å²) >= 11 is 0. The summed E-state index contributed by atoms with van der Waals surface area (Å²) in [4.78, 5) is 21.7. The van der Waals surface area contributed by atoms with E-state index in [1.807, 2.05) is 0 Å². The van der Waals surface area contributed by atoms with E-state index in [1.54, 1.807) is 0 Å². The Balaban J connectivity index is 1.98. The number of nitro groups is 1. The van der Waals surface area contributed by atoms with Crippen molar-refractivity contribution in [1.82, 2.24) is 0 Å². The predicted octanol–water partition coefficient (Wildman–Crippen LogP) is 1.06. The molecule has 2 N–H and O–H groups in total. The molecule has 0 aromatic heterocycles. The molecule has 1 amide bonds. The summed E-state index contributed by atoms with van der Waals surface area (Å²) in [6.45, 7) is 0. The van der Waals surface area contributed by atoms with Crippen LogP contribution in [0.15, 0.2) is 18.2 Å². The molecule has 1 heterocycles. The van der Waals surface area contributed by atoms with Gasteiger partial charge in [-0.15, -0.1) is 0 Å². The first kappa shape index (κ1) is 15.2. The van der Waals surface area contributed by atoms with Crippen molar-refractivity contribution >= 4 is 27.1 Å². The average molecular weight is 314 g/mol. The van der Waals surface area contributed by atoms with Crippen molar-refractivity contribution in [2.45, 2.75) is 12.8 Å². The number of sulfone groups is 1. The van der Waals surface area contributed by atoms with Gasteiger partial charge >= 0.3 is 0 Å². The van der Waals surface area contributed by atoms with Gasteiger partial charge in [0.1, 0.15) is 5.75 Å². The highest BCUT2D eigenvalue weighted by Crippen LogP contribution is 2.29. The van der Waals surface area contributed by atoms with E-state index in [0.717, 1.165) is 12.1 Å². The van der Waals surface area contributed by atoms with E-state index >= 15 is 0 Å². The van der Waals surface area contributed by atoms with Crippen molar-refractivity contribution in [3.8, 4) is 5.75 Å². The van der Waals surface area contributed by atoms with Gasteiger partial charge < -0.3 is 10.4 Å². The maximum absolute atomic E-state index is 11.8. The quantitative estimate of drug-likeness (QED) is 0.486. The molecule has 0 saturated carbocycles. The van der Waals surface area contributed by atoms with Gasteiger partial charge in [-0.1, -0.05) is 0 Å². The molecule has 1 aliphatic heterocycles. The molecule has 2 rings (SSSR count). The number of amides is 1. The summed E-state index contributed by atoms with van der Waals surface area (Å²) in [6.07, 6.45) is 0.484. The van der Waals surface area contributed by atoms with Crippen molar-refractivity contribution in [1.29, 1.82) is 0 Å². The fraction of sp³-hybridized carbons (Fsp3) is 0.417. The van der Waals surface area contributed by atoms with E-state index in [4.69, 9.17) is 0 Å². The smallest absolute Gasteiger partial charge is 0.273 e. The van der Waals surface area contributed by atoms with Gasteiger partial charge in [0.25, 0.3) is 5.69 Å². The first-order valence-corrected chi connectivity index (χ1v) is 8.06. The zero-order valence-corrected chi connectivity index (χ0v) is 11.8. The number of rotatable bonds is 4. The minimum atomic E-state index is -3.04. The molecule has 9 heteroatoms. The van der Waals surface area contributed by atoms with Crippen LogP contribution in [-0.2, 0) is 14.6 Å². The SMILES string of the molecule is O=C(CC1CCS(=O)(=O)C1)Nc1ccc([N+](=O)[O-])cc1O. The summed E-state index contributed by atoms with van der Waals surface area (Å²) in [7, 11) is -3.04. The fourth-order valence-electron chi connectivity index (χ4n) is 2.24. The second-order valence-electron chi connectivity index (χ2n) is 4.98. The second-order valence-corrected chi connectivity index (χ2v) is 7.21. The Bertz CT molecular complexity index is 685. The number of nitrogens with one attached hydrogen (secondary N) is 1. The van der Waals surface area contributed by atoms with Gasteiger partial charge in [-0.05, 0) is 18.4 Å².